The summed E-state index contributed by atoms with van der Waals surface area (Å²) in [5, 5.41) is 4.92. The minimum Gasteiger partial charge on any atom is -0.316 e. The molecule has 0 unspecified atom stereocenters. The van der Waals surface area contributed by atoms with Gasteiger partial charge in [0, 0.05) is 16.6 Å². The molecule has 1 aromatic rings. The second kappa shape index (κ2) is 5.90. The average molecular weight is 260 g/mol. The molecule has 1 rings (SSSR count). The number of hydrogen-bond acceptors (Lipinski definition) is 1. The first-order chi connectivity index (χ1) is 7.40. The standard InChI is InChI=1S/C13H19Cl2N/c1-13(2,3)9-16-8-7-10-11(14)5-4-6-12(10)15/h4-6,16H,7-9H2,1-3H3. The van der Waals surface area contributed by atoms with E-state index in [4.69, 9.17) is 23.2 Å². The largest absolute Gasteiger partial charge is 0.316 e. The van der Waals surface area contributed by atoms with Crippen LogP contribution in [0.5, 0.6) is 0 Å². The lowest BCUT2D eigenvalue weighted by Crippen LogP contribution is -2.28. The number of nitrogens with one attached hydrogen (secondary N) is 1. The molecule has 0 atom stereocenters. The Kier molecular flexibility index (Phi) is 5.10. The van der Waals surface area contributed by atoms with E-state index in [1.807, 2.05) is 18.2 Å². The highest BCUT2D eigenvalue weighted by Gasteiger charge is 2.09. The van der Waals surface area contributed by atoms with E-state index in [0.717, 1.165) is 35.1 Å². The van der Waals surface area contributed by atoms with Crippen molar-refractivity contribution < 1.29 is 0 Å². The number of halogens is 2. The maximum atomic E-state index is 6.09. The topological polar surface area (TPSA) is 12.0 Å². The van der Waals surface area contributed by atoms with Crippen LogP contribution in [-0.2, 0) is 6.42 Å². The molecule has 0 radical (unpaired) electrons. The Bertz CT molecular complexity index is 322. The van der Waals surface area contributed by atoms with Crippen LogP contribution in [0.25, 0.3) is 0 Å². The third-order valence-electron chi connectivity index (χ3n) is 2.27. The predicted octanol–water partition coefficient (Wildman–Crippen LogP) is 4.17. The summed E-state index contributed by atoms with van der Waals surface area (Å²) in [5.74, 6) is 0. The van der Waals surface area contributed by atoms with E-state index < -0.39 is 0 Å². The van der Waals surface area contributed by atoms with Gasteiger partial charge in [0.05, 0.1) is 0 Å². The maximum Gasteiger partial charge on any atom is 0.0453 e. The van der Waals surface area contributed by atoms with Gasteiger partial charge in [-0.05, 0) is 36.1 Å². The molecular weight excluding hydrogens is 241 g/mol. The number of benzene rings is 1. The van der Waals surface area contributed by atoms with Crippen molar-refractivity contribution in [1.82, 2.24) is 5.32 Å². The van der Waals surface area contributed by atoms with E-state index in [9.17, 15) is 0 Å². The van der Waals surface area contributed by atoms with E-state index in [-0.39, 0.29) is 0 Å². The molecule has 16 heavy (non-hydrogen) atoms. The molecule has 0 saturated heterocycles. The Labute approximate surface area is 108 Å². The minimum absolute atomic E-state index is 0.310. The summed E-state index contributed by atoms with van der Waals surface area (Å²) in [6.45, 7) is 8.53. The summed E-state index contributed by atoms with van der Waals surface area (Å²) in [6, 6.07) is 5.63. The van der Waals surface area contributed by atoms with Gasteiger partial charge in [0.15, 0.2) is 0 Å². The maximum absolute atomic E-state index is 6.09. The highest BCUT2D eigenvalue weighted by Crippen LogP contribution is 2.24. The zero-order valence-corrected chi connectivity index (χ0v) is 11.6. The van der Waals surface area contributed by atoms with Crippen molar-refractivity contribution in [3.63, 3.8) is 0 Å². The lowest BCUT2D eigenvalue weighted by molar-refractivity contribution is 0.381. The molecule has 0 aliphatic heterocycles. The van der Waals surface area contributed by atoms with Gasteiger partial charge in [0.2, 0.25) is 0 Å². The molecule has 1 aromatic carbocycles. The Morgan fingerprint density at radius 3 is 2.19 bits per heavy atom. The summed E-state index contributed by atoms with van der Waals surface area (Å²) < 4.78 is 0. The molecule has 0 aromatic heterocycles. The van der Waals surface area contributed by atoms with Gasteiger partial charge >= 0.3 is 0 Å². The lowest BCUT2D eigenvalue weighted by Gasteiger charge is -2.19. The molecule has 0 spiro atoms. The van der Waals surface area contributed by atoms with Crippen molar-refractivity contribution in [2.45, 2.75) is 27.2 Å². The van der Waals surface area contributed by atoms with E-state index in [1.54, 1.807) is 0 Å². The Hall–Kier alpha value is -0.240. The third-order valence-corrected chi connectivity index (χ3v) is 2.98. The van der Waals surface area contributed by atoms with Crippen LogP contribution in [0.2, 0.25) is 10.0 Å². The van der Waals surface area contributed by atoms with Crippen molar-refractivity contribution in [3.05, 3.63) is 33.8 Å². The van der Waals surface area contributed by atoms with Gasteiger partial charge < -0.3 is 5.32 Å². The van der Waals surface area contributed by atoms with Gasteiger partial charge in [-0.25, -0.2) is 0 Å². The number of rotatable bonds is 4. The molecule has 90 valence electrons. The van der Waals surface area contributed by atoms with Gasteiger partial charge in [-0.1, -0.05) is 50.0 Å². The van der Waals surface area contributed by atoms with Gasteiger partial charge in [0.1, 0.15) is 0 Å². The van der Waals surface area contributed by atoms with E-state index in [2.05, 4.69) is 26.1 Å². The molecule has 1 nitrogen and oxygen atoms in total. The van der Waals surface area contributed by atoms with Crippen LogP contribution in [0, 0.1) is 5.41 Å². The summed E-state index contributed by atoms with van der Waals surface area (Å²) in [5.41, 5.74) is 1.34. The molecule has 3 heteroatoms. The van der Waals surface area contributed by atoms with E-state index in [1.165, 1.54) is 0 Å². The van der Waals surface area contributed by atoms with Crippen LogP contribution in [0.15, 0.2) is 18.2 Å². The minimum atomic E-state index is 0.310. The van der Waals surface area contributed by atoms with Crippen LogP contribution >= 0.6 is 23.2 Å². The predicted molar refractivity (Wildman–Crippen MR) is 72.5 cm³/mol. The molecule has 0 heterocycles. The van der Waals surface area contributed by atoms with Crippen molar-refractivity contribution in [3.8, 4) is 0 Å². The number of hydrogen-bond donors (Lipinski definition) is 1. The highest BCUT2D eigenvalue weighted by molar-refractivity contribution is 6.35. The van der Waals surface area contributed by atoms with Gasteiger partial charge in [-0.2, -0.15) is 0 Å². The Morgan fingerprint density at radius 2 is 1.69 bits per heavy atom. The first kappa shape index (κ1) is 13.8. The van der Waals surface area contributed by atoms with Crippen molar-refractivity contribution in [2.24, 2.45) is 5.41 Å². The fourth-order valence-electron chi connectivity index (χ4n) is 1.45. The average Bonchev–Trinajstić information content (AvgIpc) is 2.14. The van der Waals surface area contributed by atoms with Gasteiger partial charge in [-0.3, -0.25) is 0 Å². The monoisotopic (exact) mass is 259 g/mol. The summed E-state index contributed by atoms with van der Waals surface area (Å²) in [6.07, 6.45) is 0.870. The van der Waals surface area contributed by atoms with Crippen LogP contribution in [-0.4, -0.2) is 13.1 Å². The normalized spacial score (nSPS) is 11.8. The molecule has 1 N–H and O–H groups in total. The fraction of sp³-hybridized carbons (Fsp3) is 0.538. The summed E-state index contributed by atoms with van der Waals surface area (Å²) in [4.78, 5) is 0. The van der Waals surface area contributed by atoms with Gasteiger partial charge in [-0.15, -0.1) is 0 Å². The zero-order valence-electron chi connectivity index (χ0n) is 10.1. The Balaban J connectivity index is 2.43. The zero-order chi connectivity index (χ0) is 12.2. The van der Waals surface area contributed by atoms with Crippen molar-refractivity contribution in [2.75, 3.05) is 13.1 Å². The quantitative estimate of drug-likeness (QED) is 0.801. The molecule has 0 saturated carbocycles. The van der Waals surface area contributed by atoms with Crippen LogP contribution in [0.1, 0.15) is 26.3 Å². The fourth-order valence-corrected chi connectivity index (χ4v) is 2.03. The molecule has 0 aliphatic carbocycles. The van der Waals surface area contributed by atoms with E-state index >= 15 is 0 Å². The first-order valence-corrected chi connectivity index (χ1v) is 6.29. The molecule has 0 fully saturated rings. The van der Waals surface area contributed by atoms with Crippen LogP contribution in [0.3, 0.4) is 0 Å². The summed E-state index contributed by atoms with van der Waals surface area (Å²) in [7, 11) is 0. The second-order valence-electron chi connectivity index (χ2n) is 5.19. The first-order valence-electron chi connectivity index (χ1n) is 5.54. The molecule has 0 aliphatic rings. The molecule has 0 bridgehead atoms. The third kappa shape index (κ3) is 4.73. The SMILES string of the molecule is CC(C)(C)CNCCc1c(Cl)cccc1Cl. The van der Waals surface area contributed by atoms with Gasteiger partial charge in [0.25, 0.3) is 0 Å². The molecule has 0 amide bonds. The highest BCUT2D eigenvalue weighted by atomic mass is 35.5. The second-order valence-corrected chi connectivity index (χ2v) is 6.00. The Morgan fingerprint density at radius 1 is 1.12 bits per heavy atom. The molecular formula is C13H19Cl2N. The van der Waals surface area contributed by atoms with Crippen molar-refractivity contribution >= 4 is 23.2 Å². The van der Waals surface area contributed by atoms with E-state index in [0.29, 0.717) is 5.41 Å². The lowest BCUT2D eigenvalue weighted by atomic mass is 9.97. The smallest absolute Gasteiger partial charge is 0.0453 e. The van der Waals surface area contributed by atoms with Crippen molar-refractivity contribution in [1.29, 1.82) is 0 Å². The summed E-state index contributed by atoms with van der Waals surface area (Å²) >= 11 is 12.2. The van der Waals surface area contributed by atoms with Crippen LogP contribution in [0.4, 0.5) is 0 Å². The van der Waals surface area contributed by atoms with Crippen LogP contribution < -0.4 is 5.32 Å².